The van der Waals surface area contributed by atoms with Crippen molar-refractivity contribution in [3.8, 4) is 0 Å². The van der Waals surface area contributed by atoms with Crippen LogP contribution in [0.5, 0.6) is 0 Å². The van der Waals surface area contributed by atoms with Crippen LogP contribution < -0.4 is 0 Å². The molecule has 0 amide bonds. The molecule has 0 N–H and O–H groups in total. The molecule has 0 saturated heterocycles. The molecule has 20 heavy (non-hydrogen) atoms. The number of carbonyl (C=O) groups excluding carboxylic acids is 2. The maximum Gasteiger partial charge on any atom is 0.312 e. The van der Waals surface area contributed by atoms with Crippen molar-refractivity contribution in [2.75, 3.05) is 0 Å². The van der Waals surface area contributed by atoms with Crippen LogP contribution in [0.2, 0.25) is 0 Å². The summed E-state index contributed by atoms with van der Waals surface area (Å²) in [5.74, 6) is -0.213. The first kappa shape index (κ1) is 15.1. The number of esters is 1. The summed E-state index contributed by atoms with van der Waals surface area (Å²) in [6.07, 6.45) is 7.33. The Balaban J connectivity index is 2.10. The van der Waals surface area contributed by atoms with Crippen molar-refractivity contribution in [1.82, 2.24) is 0 Å². The number of ether oxygens (including phenoxy) is 2. The molecular formula is C16H24O4. The minimum atomic E-state index is -0.783. The molecule has 4 heteroatoms. The third kappa shape index (κ3) is 3.41. The average Bonchev–Trinajstić information content (AvgIpc) is 2.41. The van der Waals surface area contributed by atoms with Crippen molar-refractivity contribution < 1.29 is 19.1 Å². The normalized spacial score (nSPS) is 28.1. The Morgan fingerprint density at radius 1 is 1.25 bits per heavy atom. The van der Waals surface area contributed by atoms with Crippen LogP contribution in [-0.2, 0) is 19.1 Å². The molecule has 1 aliphatic heterocycles. The van der Waals surface area contributed by atoms with E-state index in [1.807, 2.05) is 0 Å². The monoisotopic (exact) mass is 280 g/mol. The fourth-order valence-corrected chi connectivity index (χ4v) is 2.76. The number of hydrogen-bond acceptors (Lipinski definition) is 4. The number of rotatable bonds is 2. The van der Waals surface area contributed by atoms with Gasteiger partial charge in [-0.1, -0.05) is 19.3 Å². The SMILES string of the molecule is CC(C)(C)C(=O)O[C@H]1C(=O)C=CO[C@H]1C1CCCCC1. The van der Waals surface area contributed by atoms with Gasteiger partial charge in [0.05, 0.1) is 11.7 Å². The molecule has 0 aromatic rings. The van der Waals surface area contributed by atoms with Gasteiger partial charge in [0.2, 0.25) is 11.9 Å². The third-order valence-electron chi connectivity index (χ3n) is 4.01. The molecule has 0 unspecified atom stereocenters. The molecular weight excluding hydrogens is 256 g/mol. The zero-order chi connectivity index (χ0) is 14.8. The number of hydrogen-bond donors (Lipinski definition) is 0. The van der Waals surface area contributed by atoms with Gasteiger partial charge in [-0.05, 0) is 39.5 Å². The van der Waals surface area contributed by atoms with Crippen LogP contribution in [0, 0.1) is 11.3 Å². The van der Waals surface area contributed by atoms with Crippen molar-refractivity contribution in [3.63, 3.8) is 0 Å². The lowest BCUT2D eigenvalue weighted by Crippen LogP contribution is -2.47. The van der Waals surface area contributed by atoms with E-state index in [0.717, 1.165) is 25.7 Å². The summed E-state index contributed by atoms with van der Waals surface area (Å²) < 4.78 is 11.1. The average molecular weight is 280 g/mol. The quantitative estimate of drug-likeness (QED) is 0.730. The fourth-order valence-electron chi connectivity index (χ4n) is 2.76. The highest BCUT2D eigenvalue weighted by atomic mass is 16.6. The molecule has 4 nitrogen and oxygen atoms in total. The standard InChI is InChI=1S/C16H24O4/c1-16(2,3)15(18)20-14-12(17)9-10-19-13(14)11-7-5-4-6-8-11/h9-11,13-14H,4-8H2,1-3H3/t13-,14-/m0/s1. The predicted octanol–water partition coefficient (Wildman–Crippen LogP) is 3.01. The molecule has 112 valence electrons. The van der Waals surface area contributed by atoms with E-state index in [0.29, 0.717) is 5.92 Å². The van der Waals surface area contributed by atoms with E-state index in [-0.39, 0.29) is 17.9 Å². The van der Waals surface area contributed by atoms with E-state index in [1.54, 1.807) is 20.8 Å². The summed E-state index contributed by atoms with van der Waals surface area (Å²) in [4.78, 5) is 24.1. The maximum absolute atomic E-state index is 12.1. The van der Waals surface area contributed by atoms with Crippen molar-refractivity contribution in [2.45, 2.75) is 65.1 Å². The Hall–Kier alpha value is -1.32. The molecule has 2 aliphatic rings. The molecule has 1 heterocycles. The van der Waals surface area contributed by atoms with Crippen LogP contribution >= 0.6 is 0 Å². The van der Waals surface area contributed by atoms with Gasteiger partial charge in [-0.3, -0.25) is 9.59 Å². The van der Waals surface area contributed by atoms with Crippen molar-refractivity contribution in [3.05, 3.63) is 12.3 Å². The lowest BCUT2D eigenvalue weighted by atomic mass is 9.82. The minimum Gasteiger partial charge on any atom is -0.493 e. The second-order valence-electron chi connectivity index (χ2n) is 6.78. The minimum absolute atomic E-state index is 0.163. The largest absolute Gasteiger partial charge is 0.493 e. The lowest BCUT2D eigenvalue weighted by Gasteiger charge is -2.36. The van der Waals surface area contributed by atoms with Crippen LogP contribution in [0.3, 0.4) is 0 Å². The third-order valence-corrected chi connectivity index (χ3v) is 4.01. The highest BCUT2D eigenvalue weighted by molar-refractivity contribution is 5.96. The van der Waals surface area contributed by atoms with E-state index >= 15 is 0 Å². The predicted molar refractivity (Wildman–Crippen MR) is 74.9 cm³/mol. The van der Waals surface area contributed by atoms with E-state index in [2.05, 4.69) is 0 Å². The summed E-state index contributed by atoms with van der Waals surface area (Å²) >= 11 is 0. The Kier molecular flexibility index (Phi) is 4.51. The molecule has 0 aromatic heterocycles. The van der Waals surface area contributed by atoms with Gasteiger partial charge < -0.3 is 9.47 Å². The Morgan fingerprint density at radius 2 is 1.90 bits per heavy atom. The summed E-state index contributed by atoms with van der Waals surface area (Å²) in [6.45, 7) is 5.36. The molecule has 0 bridgehead atoms. The van der Waals surface area contributed by atoms with Gasteiger partial charge in [-0.15, -0.1) is 0 Å². The lowest BCUT2D eigenvalue weighted by molar-refractivity contribution is -0.172. The Morgan fingerprint density at radius 3 is 2.50 bits per heavy atom. The molecule has 0 spiro atoms. The zero-order valence-electron chi connectivity index (χ0n) is 12.6. The summed E-state index contributed by atoms with van der Waals surface area (Å²) in [6, 6.07) is 0. The van der Waals surface area contributed by atoms with Gasteiger partial charge in [0.1, 0.15) is 6.10 Å². The number of ketones is 1. The van der Waals surface area contributed by atoms with E-state index in [4.69, 9.17) is 9.47 Å². The van der Waals surface area contributed by atoms with Crippen molar-refractivity contribution in [2.24, 2.45) is 11.3 Å². The molecule has 0 aromatic carbocycles. The Labute approximate surface area is 120 Å². The van der Waals surface area contributed by atoms with E-state index in [9.17, 15) is 9.59 Å². The van der Waals surface area contributed by atoms with E-state index in [1.165, 1.54) is 18.8 Å². The zero-order valence-corrected chi connectivity index (χ0v) is 12.6. The molecule has 2 rings (SSSR count). The first-order valence-electron chi connectivity index (χ1n) is 7.46. The van der Waals surface area contributed by atoms with Crippen LogP contribution in [0.25, 0.3) is 0 Å². The molecule has 1 fully saturated rings. The molecule has 1 saturated carbocycles. The van der Waals surface area contributed by atoms with Crippen LogP contribution in [0.1, 0.15) is 52.9 Å². The van der Waals surface area contributed by atoms with Gasteiger partial charge in [0.25, 0.3) is 0 Å². The van der Waals surface area contributed by atoms with Crippen LogP contribution in [-0.4, -0.2) is 24.0 Å². The van der Waals surface area contributed by atoms with Crippen LogP contribution in [0.15, 0.2) is 12.3 Å². The van der Waals surface area contributed by atoms with Gasteiger partial charge in [0, 0.05) is 6.08 Å². The Bertz CT molecular complexity index is 399. The van der Waals surface area contributed by atoms with Gasteiger partial charge in [0.15, 0.2) is 0 Å². The van der Waals surface area contributed by atoms with Gasteiger partial charge >= 0.3 is 5.97 Å². The highest BCUT2D eigenvalue weighted by Crippen LogP contribution is 2.33. The van der Waals surface area contributed by atoms with Crippen LogP contribution in [0.4, 0.5) is 0 Å². The van der Waals surface area contributed by atoms with E-state index < -0.39 is 11.5 Å². The second-order valence-corrected chi connectivity index (χ2v) is 6.78. The topological polar surface area (TPSA) is 52.6 Å². The maximum atomic E-state index is 12.1. The summed E-state index contributed by atoms with van der Waals surface area (Å²) in [5.41, 5.74) is -0.613. The first-order valence-corrected chi connectivity index (χ1v) is 7.46. The summed E-state index contributed by atoms with van der Waals surface area (Å²) in [5, 5.41) is 0. The highest BCUT2D eigenvalue weighted by Gasteiger charge is 2.41. The fraction of sp³-hybridized carbons (Fsp3) is 0.750. The summed E-state index contributed by atoms with van der Waals surface area (Å²) in [7, 11) is 0. The smallest absolute Gasteiger partial charge is 0.312 e. The van der Waals surface area contributed by atoms with Gasteiger partial charge in [-0.25, -0.2) is 0 Å². The van der Waals surface area contributed by atoms with Gasteiger partial charge in [-0.2, -0.15) is 0 Å². The molecule has 1 aliphatic carbocycles. The first-order chi connectivity index (χ1) is 9.39. The van der Waals surface area contributed by atoms with Crippen molar-refractivity contribution in [1.29, 1.82) is 0 Å². The molecule has 0 radical (unpaired) electrons. The second kappa shape index (κ2) is 5.98. The van der Waals surface area contributed by atoms with Crippen molar-refractivity contribution >= 4 is 11.8 Å². The molecule has 2 atom stereocenters. The number of carbonyl (C=O) groups is 2.